The maximum atomic E-state index is 12.9. The van der Waals surface area contributed by atoms with Crippen molar-refractivity contribution in [2.24, 2.45) is 5.73 Å². The van der Waals surface area contributed by atoms with E-state index in [9.17, 15) is 18.0 Å². The first-order valence-corrected chi connectivity index (χ1v) is 7.65. The number of carbonyl (C=O) groups is 1. The Morgan fingerprint density at radius 1 is 1.12 bits per heavy atom. The van der Waals surface area contributed by atoms with Crippen LogP contribution < -0.4 is 10.5 Å². The number of benzene rings is 1. The highest BCUT2D eigenvalue weighted by Gasteiger charge is 2.47. The Labute approximate surface area is 140 Å². The SMILES string of the molecule is CCOc1ccc(C[C@](N)(CC(F)(F)F)C(=O)OC(C)(C)C)cc1. The normalized spacial score (nSPS) is 14.8. The summed E-state index contributed by atoms with van der Waals surface area (Å²) < 4.78 is 49.1. The van der Waals surface area contributed by atoms with Crippen LogP contribution in [0, 0.1) is 0 Å². The highest BCUT2D eigenvalue weighted by Crippen LogP contribution is 2.31. The Hall–Kier alpha value is -1.76. The zero-order valence-electron chi connectivity index (χ0n) is 14.4. The summed E-state index contributed by atoms with van der Waals surface area (Å²) >= 11 is 0. The number of rotatable bonds is 6. The lowest BCUT2D eigenvalue weighted by molar-refractivity contribution is -0.179. The van der Waals surface area contributed by atoms with Gasteiger partial charge in [0.1, 0.15) is 16.9 Å². The number of hydrogen-bond acceptors (Lipinski definition) is 4. The second-order valence-corrected chi connectivity index (χ2v) is 6.70. The van der Waals surface area contributed by atoms with Crippen LogP contribution in [0.1, 0.15) is 39.7 Å². The molecule has 1 aromatic carbocycles. The van der Waals surface area contributed by atoms with E-state index in [-0.39, 0.29) is 6.42 Å². The molecule has 0 radical (unpaired) electrons. The van der Waals surface area contributed by atoms with Gasteiger partial charge in [-0.05, 0) is 45.4 Å². The van der Waals surface area contributed by atoms with E-state index in [1.54, 1.807) is 45.0 Å². The van der Waals surface area contributed by atoms with Gasteiger partial charge in [-0.1, -0.05) is 12.1 Å². The molecule has 0 bridgehead atoms. The molecule has 0 saturated carbocycles. The van der Waals surface area contributed by atoms with E-state index in [4.69, 9.17) is 15.2 Å². The summed E-state index contributed by atoms with van der Waals surface area (Å²) in [4.78, 5) is 12.3. The molecule has 0 heterocycles. The molecular formula is C17H24F3NO3. The van der Waals surface area contributed by atoms with Crippen molar-refractivity contribution in [2.75, 3.05) is 6.61 Å². The fraction of sp³-hybridized carbons (Fsp3) is 0.588. The predicted molar refractivity (Wildman–Crippen MR) is 84.8 cm³/mol. The van der Waals surface area contributed by atoms with Crippen LogP contribution in [0.5, 0.6) is 5.75 Å². The molecule has 2 N–H and O–H groups in total. The van der Waals surface area contributed by atoms with E-state index in [0.717, 1.165) is 0 Å². The van der Waals surface area contributed by atoms with E-state index in [1.165, 1.54) is 0 Å². The van der Waals surface area contributed by atoms with Crippen LogP contribution in [0.4, 0.5) is 13.2 Å². The van der Waals surface area contributed by atoms with E-state index in [0.29, 0.717) is 17.9 Å². The fourth-order valence-electron chi connectivity index (χ4n) is 2.18. The van der Waals surface area contributed by atoms with Gasteiger partial charge in [0.25, 0.3) is 0 Å². The molecule has 7 heteroatoms. The number of halogens is 3. The molecule has 0 fully saturated rings. The second kappa shape index (κ2) is 7.42. The molecule has 0 aromatic heterocycles. The van der Waals surface area contributed by atoms with Gasteiger partial charge in [0, 0.05) is 6.42 Å². The van der Waals surface area contributed by atoms with Gasteiger partial charge >= 0.3 is 12.1 Å². The number of nitrogens with two attached hydrogens (primary N) is 1. The summed E-state index contributed by atoms with van der Waals surface area (Å²) in [5.74, 6) is -0.474. The first-order valence-electron chi connectivity index (χ1n) is 7.65. The third-order valence-electron chi connectivity index (χ3n) is 3.08. The summed E-state index contributed by atoms with van der Waals surface area (Å²) in [5, 5.41) is 0. The van der Waals surface area contributed by atoms with Crippen LogP contribution in [0.15, 0.2) is 24.3 Å². The number of alkyl halides is 3. The lowest BCUT2D eigenvalue weighted by Gasteiger charge is -2.32. The average Bonchev–Trinajstić information content (AvgIpc) is 2.37. The minimum Gasteiger partial charge on any atom is -0.494 e. The standard InChI is InChI=1S/C17H24F3NO3/c1-5-23-13-8-6-12(7-9-13)10-16(21,11-17(18,19)20)14(22)24-15(2,3)4/h6-9H,5,10-11,21H2,1-4H3/t16-/m0/s1. The first-order chi connectivity index (χ1) is 10.8. The van der Waals surface area contributed by atoms with Crippen LogP contribution in [-0.2, 0) is 16.0 Å². The van der Waals surface area contributed by atoms with E-state index in [1.807, 2.05) is 6.92 Å². The van der Waals surface area contributed by atoms with Crippen LogP contribution in [0.2, 0.25) is 0 Å². The van der Waals surface area contributed by atoms with Crippen molar-refractivity contribution in [3.8, 4) is 5.75 Å². The average molecular weight is 347 g/mol. The Morgan fingerprint density at radius 2 is 1.67 bits per heavy atom. The minimum atomic E-state index is -4.59. The fourth-order valence-corrected chi connectivity index (χ4v) is 2.18. The summed E-state index contributed by atoms with van der Waals surface area (Å²) in [6.07, 6.45) is -6.33. The topological polar surface area (TPSA) is 61.5 Å². The summed E-state index contributed by atoms with van der Waals surface area (Å²) in [6.45, 7) is 7.04. The Balaban J connectivity index is 3.02. The molecule has 136 valence electrons. The smallest absolute Gasteiger partial charge is 0.391 e. The van der Waals surface area contributed by atoms with Crippen LogP contribution in [0.25, 0.3) is 0 Å². The molecule has 0 spiro atoms. The van der Waals surface area contributed by atoms with Crippen molar-refractivity contribution in [2.45, 2.75) is 57.9 Å². The van der Waals surface area contributed by atoms with Crippen LogP contribution in [0.3, 0.4) is 0 Å². The van der Waals surface area contributed by atoms with Gasteiger partial charge in [-0.3, -0.25) is 4.79 Å². The van der Waals surface area contributed by atoms with Gasteiger partial charge < -0.3 is 15.2 Å². The van der Waals surface area contributed by atoms with E-state index < -0.39 is 29.7 Å². The third-order valence-corrected chi connectivity index (χ3v) is 3.08. The molecule has 0 saturated heterocycles. The number of ether oxygens (including phenoxy) is 2. The minimum absolute atomic E-state index is 0.284. The molecule has 1 atom stereocenters. The van der Waals surface area contributed by atoms with Crippen LogP contribution >= 0.6 is 0 Å². The Morgan fingerprint density at radius 3 is 2.08 bits per heavy atom. The highest BCUT2D eigenvalue weighted by molar-refractivity contribution is 5.81. The predicted octanol–water partition coefficient (Wildman–Crippen LogP) is 3.62. The van der Waals surface area contributed by atoms with Crippen molar-refractivity contribution < 1.29 is 27.4 Å². The molecule has 1 rings (SSSR count). The van der Waals surface area contributed by atoms with Crippen molar-refractivity contribution in [3.05, 3.63) is 29.8 Å². The summed E-state index contributed by atoms with van der Waals surface area (Å²) in [7, 11) is 0. The van der Waals surface area contributed by atoms with Gasteiger partial charge in [-0.2, -0.15) is 13.2 Å². The molecule has 24 heavy (non-hydrogen) atoms. The Kier molecular flexibility index (Phi) is 6.27. The molecule has 0 unspecified atom stereocenters. The zero-order chi connectivity index (χ0) is 18.6. The number of esters is 1. The van der Waals surface area contributed by atoms with Crippen LogP contribution in [-0.4, -0.2) is 29.9 Å². The first kappa shape index (κ1) is 20.3. The van der Waals surface area contributed by atoms with Crippen molar-refractivity contribution in [3.63, 3.8) is 0 Å². The summed E-state index contributed by atoms with van der Waals surface area (Å²) in [5.41, 5.74) is 3.23. The quantitative estimate of drug-likeness (QED) is 0.799. The number of hydrogen-bond donors (Lipinski definition) is 1. The Bertz CT molecular complexity index is 550. The molecule has 0 amide bonds. The molecule has 0 aliphatic heterocycles. The summed E-state index contributed by atoms with van der Waals surface area (Å²) in [6, 6.07) is 6.44. The second-order valence-electron chi connectivity index (χ2n) is 6.70. The van der Waals surface area contributed by atoms with Crippen molar-refractivity contribution in [1.29, 1.82) is 0 Å². The largest absolute Gasteiger partial charge is 0.494 e. The number of carbonyl (C=O) groups excluding carboxylic acids is 1. The maximum absolute atomic E-state index is 12.9. The van der Waals surface area contributed by atoms with Gasteiger partial charge in [0.2, 0.25) is 0 Å². The van der Waals surface area contributed by atoms with Gasteiger partial charge in [0.15, 0.2) is 0 Å². The van der Waals surface area contributed by atoms with E-state index >= 15 is 0 Å². The molecule has 0 aliphatic rings. The zero-order valence-corrected chi connectivity index (χ0v) is 14.4. The van der Waals surface area contributed by atoms with Crippen molar-refractivity contribution in [1.82, 2.24) is 0 Å². The lowest BCUT2D eigenvalue weighted by atomic mass is 9.88. The molecule has 1 aromatic rings. The van der Waals surface area contributed by atoms with Gasteiger partial charge in [-0.15, -0.1) is 0 Å². The molecular weight excluding hydrogens is 323 g/mol. The van der Waals surface area contributed by atoms with Crippen molar-refractivity contribution >= 4 is 5.97 Å². The van der Waals surface area contributed by atoms with E-state index in [2.05, 4.69) is 0 Å². The maximum Gasteiger partial charge on any atom is 0.391 e. The lowest BCUT2D eigenvalue weighted by Crippen LogP contribution is -2.55. The molecule has 4 nitrogen and oxygen atoms in total. The highest BCUT2D eigenvalue weighted by atomic mass is 19.4. The van der Waals surface area contributed by atoms with Gasteiger partial charge in [-0.25, -0.2) is 0 Å². The monoisotopic (exact) mass is 347 g/mol. The third kappa shape index (κ3) is 6.78. The van der Waals surface area contributed by atoms with Gasteiger partial charge in [0.05, 0.1) is 13.0 Å². The molecule has 0 aliphatic carbocycles.